The maximum atomic E-state index is 5.65. The molecule has 2 heteroatoms. The van der Waals surface area contributed by atoms with Gasteiger partial charge in [-0.1, -0.05) is 0 Å². The molecule has 0 saturated heterocycles. The maximum absolute atomic E-state index is 5.65. The van der Waals surface area contributed by atoms with Crippen molar-refractivity contribution >= 4 is 30.0 Å². The summed E-state index contributed by atoms with van der Waals surface area (Å²) < 4.78 is 6.37. The van der Waals surface area contributed by atoms with Crippen molar-refractivity contribution in [2.75, 3.05) is 5.88 Å². The Morgan fingerprint density at radius 3 is 1.55 bits per heavy atom. The molecule has 0 N–H and O–H groups in total. The first kappa shape index (κ1) is 22.6. The summed E-state index contributed by atoms with van der Waals surface area (Å²) in [6.45, 7) is 7.07. The fourth-order valence-electron chi connectivity index (χ4n) is 3.16. The Morgan fingerprint density at radius 2 is 1.14 bits per heavy atom. The van der Waals surface area contributed by atoms with E-state index in [9.17, 15) is 0 Å². The zero-order valence-corrected chi connectivity index (χ0v) is 19.0. The van der Waals surface area contributed by atoms with Gasteiger partial charge in [0, 0.05) is 0 Å². The predicted octanol–water partition coefficient (Wildman–Crippen LogP) is 7.97. The van der Waals surface area contributed by atoms with Gasteiger partial charge in [0.05, 0.1) is 0 Å². The fraction of sp³-hybridized carbons (Fsp3) is 0.800. The Kier molecular flexibility index (Phi) is 16.9. The van der Waals surface area contributed by atoms with Gasteiger partial charge in [-0.3, -0.25) is 0 Å². The van der Waals surface area contributed by atoms with Gasteiger partial charge in [-0.2, -0.15) is 0 Å². The van der Waals surface area contributed by atoms with Crippen molar-refractivity contribution in [3.05, 3.63) is 24.3 Å². The second-order valence-electron chi connectivity index (χ2n) is 6.69. The van der Waals surface area contributed by atoms with Gasteiger partial charge < -0.3 is 0 Å². The molecular weight excluding hydrogens is 394 g/mol. The molecule has 0 unspecified atom stereocenters. The molecule has 130 valence electrons. The van der Waals surface area contributed by atoms with E-state index < -0.39 is 18.4 Å². The Bertz CT molecular complexity index is 262. The van der Waals surface area contributed by atoms with Crippen LogP contribution in [0.5, 0.6) is 0 Å². The minimum absolute atomic E-state index is 0.647. The standard InChI is InChI=1S/C8H12Cl.3C4H9.Sn/c1-2-3-4-5-6-7-8-9;3*1-3-4-2;/h2-3,6-7H,1,4-5,8H2;3*1,3-4H2,2H3;/b3-2+,7-6+;;;;. The molecule has 22 heavy (non-hydrogen) atoms. The monoisotopic (exact) mass is 434 g/mol. The summed E-state index contributed by atoms with van der Waals surface area (Å²) in [6, 6.07) is 0. The third-order valence-electron chi connectivity index (χ3n) is 4.66. The van der Waals surface area contributed by atoms with Crippen LogP contribution in [0.1, 0.15) is 72.1 Å². The second-order valence-corrected chi connectivity index (χ2v) is 21.0. The Morgan fingerprint density at radius 1 is 0.682 bits per heavy atom. The molecule has 0 nitrogen and oxygen atoms in total. The van der Waals surface area contributed by atoms with Crippen molar-refractivity contribution in [3.63, 3.8) is 0 Å². The van der Waals surface area contributed by atoms with Crippen LogP contribution in [-0.4, -0.2) is 24.3 Å². The number of hydrogen-bond donors (Lipinski definition) is 0. The van der Waals surface area contributed by atoms with E-state index in [1.807, 2.05) is 0 Å². The molecule has 0 aliphatic rings. The molecule has 0 aromatic heterocycles. The van der Waals surface area contributed by atoms with Gasteiger partial charge in [-0.25, -0.2) is 0 Å². The first-order valence-electron chi connectivity index (χ1n) is 9.60. The summed E-state index contributed by atoms with van der Waals surface area (Å²) >= 11 is 3.75. The number of allylic oxidation sites excluding steroid dienone is 4. The van der Waals surface area contributed by atoms with Crippen molar-refractivity contribution in [1.29, 1.82) is 0 Å². The molecule has 0 atom stereocenters. The zero-order chi connectivity index (χ0) is 16.5. The SMILES string of the molecule is CCC[CH2][Sn]([CH2]/C=C/CC/C=C/CCl)([CH2]CCC)[CH2]CCC. The van der Waals surface area contributed by atoms with Crippen LogP contribution in [0.3, 0.4) is 0 Å². The summed E-state index contributed by atoms with van der Waals surface area (Å²) in [5.41, 5.74) is 0. The van der Waals surface area contributed by atoms with E-state index in [2.05, 4.69) is 45.1 Å². The first-order valence-corrected chi connectivity index (χ1v) is 18.2. The molecule has 0 rings (SSSR count). The molecule has 0 aromatic carbocycles. The summed E-state index contributed by atoms with van der Waals surface area (Å²) in [6.07, 6.45) is 20.2. The summed E-state index contributed by atoms with van der Waals surface area (Å²) in [4.78, 5) is 0. The van der Waals surface area contributed by atoms with Crippen LogP contribution in [0.2, 0.25) is 17.7 Å². The average Bonchev–Trinajstić information content (AvgIpc) is 2.55. The molecule has 0 spiro atoms. The van der Waals surface area contributed by atoms with E-state index >= 15 is 0 Å². The van der Waals surface area contributed by atoms with E-state index in [-0.39, 0.29) is 0 Å². The molecule has 0 fully saturated rings. The molecule has 0 saturated carbocycles. The van der Waals surface area contributed by atoms with Gasteiger partial charge in [0.2, 0.25) is 0 Å². The van der Waals surface area contributed by atoms with Crippen molar-refractivity contribution in [3.8, 4) is 0 Å². The van der Waals surface area contributed by atoms with Gasteiger partial charge in [0.25, 0.3) is 0 Å². The summed E-state index contributed by atoms with van der Waals surface area (Å²) in [5, 5.41) is 0. The third-order valence-corrected chi connectivity index (χ3v) is 20.1. The fourth-order valence-corrected chi connectivity index (χ4v) is 18.5. The van der Waals surface area contributed by atoms with E-state index in [1.165, 1.54) is 49.4 Å². The molecule has 0 radical (unpaired) electrons. The van der Waals surface area contributed by atoms with Gasteiger partial charge in [-0.05, 0) is 0 Å². The Labute approximate surface area is 149 Å². The van der Waals surface area contributed by atoms with Crippen molar-refractivity contribution in [2.45, 2.75) is 89.9 Å². The van der Waals surface area contributed by atoms with Gasteiger partial charge >= 0.3 is 150 Å². The Balaban J connectivity index is 4.49. The van der Waals surface area contributed by atoms with Crippen LogP contribution < -0.4 is 0 Å². The number of rotatable bonds is 15. The van der Waals surface area contributed by atoms with Crippen molar-refractivity contribution in [1.82, 2.24) is 0 Å². The van der Waals surface area contributed by atoms with E-state index in [1.54, 1.807) is 13.3 Å². The van der Waals surface area contributed by atoms with E-state index in [0.717, 1.165) is 6.42 Å². The average molecular weight is 434 g/mol. The molecule has 0 heterocycles. The van der Waals surface area contributed by atoms with Crippen LogP contribution in [-0.2, 0) is 0 Å². The molecular formula is C20H39ClSn. The van der Waals surface area contributed by atoms with E-state index in [0.29, 0.717) is 5.88 Å². The van der Waals surface area contributed by atoms with Crippen molar-refractivity contribution < 1.29 is 0 Å². The number of halogens is 1. The summed E-state index contributed by atoms with van der Waals surface area (Å²) in [5.74, 6) is 0.647. The normalized spacial score (nSPS) is 12.7. The first-order chi connectivity index (χ1) is 10.7. The zero-order valence-electron chi connectivity index (χ0n) is 15.4. The number of alkyl halides is 1. The summed E-state index contributed by atoms with van der Waals surface area (Å²) in [7, 11) is 0. The third kappa shape index (κ3) is 12.0. The number of unbranched alkanes of at least 4 members (excludes halogenated alkanes) is 4. The molecule has 0 aliphatic carbocycles. The van der Waals surface area contributed by atoms with Crippen LogP contribution in [0.4, 0.5) is 0 Å². The van der Waals surface area contributed by atoms with Crippen LogP contribution in [0.25, 0.3) is 0 Å². The van der Waals surface area contributed by atoms with Gasteiger partial charge in [-0.15, -0.1) is 0 Å². The topological polar surface area (TPSA) is 0 Å². The van der Waals surface area contributed by atoms with Crippen LogP contribution in [0, 0.1) is 0 Å². The quantitative estimate of drug-likeness (QED) is 0.106. The minimum atomic E-state index is -1.90. The Hall–Kier alpha value is 0.569. The molecule has 0 aliphatic heterocycles. The molecule has 0 amide bonds. The molecule has 0 aromatic rings. The van der Waals surface area contributed by atoms with Crippen LogP contribution >= 0.6 is 11.6 Å². The van der Waals surface area contributed by atoms with Crippen molar-refractivity contribution in [2.24, 2.45) is 0 Å². The second kappa shape index (κ2) is 16.4. The predicted molar refractivity (Wildman–Crippen MR) is 108 cm³/mol. The van der Waals surface area contributed by atoms with Crippen LogP contribution in [0.15, 0.2) is 24.3 Å². The van der Waals surface area contributed by atoms with Gasteiger partial charge in [0.15, 0.2) is 0 Å². The number of hydrogen-bond acceptors (Lipinski definition) is 0. The molecule has 0 bridgehead atoms. The van der Waals surface area contributed by atoms with Gasteiger partial charge in [0.1, 0.15) is 0 Å². The van der Waals surface area contributed by atoms with E-state index in [4.69, 9.17) is 11.6 Å².